The molecule has 0 unspecified atom stereocenters. The van der Waals surface area contributed by atoms with E-state index in [1.165, 1.54) is 5.56 Å². The zero-order valence-electron chi connectivity index (χ0n) is 10.5. The Morgan fingerprint density at radius 1 is 1.37 bits per heavy atom. The van der Waals surface area contributed by atoms with Crippen LogP contribution in [0.5, 0.6) is 0 Å². The van der Waals surface area contributed by atoms with E-state index in [0.29, 0.717) is 12.6 Å². The summed E-state index contributed by atoms with van der Waals surface area (Å²) in [6, 6.07) is 6.03. The molecule has 0 aliphatic heterocycles. The van der Waals surface area contributed by atoms with Gasteiger partial charge in [0.05, 0.1) is 0 Å². The summed E-state index contributed by atoms with van der Waals surface area (Å²) in [4.78, 5) is 18.2. The van der Waals surface area contributed by atoms with Crippen molar-refractivity contribution in [3.05, 3.63) is 46.9 Å². The molecule has 1 fully saturated rings. The maximum absolute atomic E-state index is 12.3. The van der Waals surface area contributed by atoms with Gasteiger partial charge in [0.1, 0.15) is 0 Å². The summed E-state index contributed by atoms with van der Waals surface area (Å²) in [6.45, 7) is 0.686. The first-order valence-corrected chi connectivity index (χ1v) is 7.26. The van der Waals surface area contributed by atoms with Crippen LogP contribution in [0.1, 0.15) is 18.4 Å². The minimum absolute atomic E-state index is 0.0279. The molecule has 1 aliphatic carbocycles. The lowest BCUT2D eigenvalue weighted by Crippen LogP contribution is -2.36. The second-order valence-corrected chi connectivity index (χ2v) is 5.44. The summed E-state index contributed by atoms with van der Waals surface area (Å²) in [5.74, 6) is 0. The van der Waals surface area contributed by atoms with E-state index in [1.807, 2.05) is 10.3 Å². The van der Waals surface area contributed by atoms with E-state index in [2.05, 4.69) is 21.7 Å². The standard InChI is InChI=1S/C14H15N3OS/c18-14(16-12-3-6-15-7-4-12)17(13-1-2-13)9-11-5-8-19-10-11/h3-8,10,13H,1-2,9H2,(H,15,16,18). The third kappa shape index (κ3) is 3.12. The van der Waals surface area contributed by atoms with Crippen LogP contribution in [0, 0.1) is 0 Å². The van der Waals surface area contributed by atoms with E-state index in [9.17, 15) is 4.79 Å². The Kier molecular flexibility index (Phi) is 3.46. The molecule has 0 bridgehead atoms. The van der Waals surface area contributed by atoms with Crippen molar-refractivity contribution >= 4 is 23.1 Å². The lowest BCUT2D eigenvalue weighted by atomic mass is 10.3. The molecule has 0 saturated heterocycles. The zero-order chi connectivity index (χ0) is 13.1. The van der Waals surface area contributed by atoms with Crippen LogP contribution in [-0.4, -0.2) is 22.0 Å². The van der Waals surface area contributed by atoms with E-state index in [-0.39, 0.29) is 6.03 Å². The number of amides is 2. The van der Waals surface area contributed by atoms with Crippen LogP contribution >= 0.6 is 11.3 Å². The number of rotatable bonds is 4. The van der Waals surface area contributed by atoms with Crippen molar-refractivity contribution in [1.29, 1.82) is 0 Å². The molecule has 0 spiro atoms. The number of pyridine rings is 1. The van der Waals surface area contributed by atoms with Crippen molar-refractivity contribution in [2.24, 2.45) is 0 Å². The van der Waals surface area contributed by atoms with Crippen molar-refractivity contribution < 1.29 is 4.79 Å². The van der Waals surface area contributed by atoms with Gasteiger partial charge in [0, 0.05) is 30.7 Å². The fourth-order valence-electron chi connectivity index (χ4n) is 1.96. The van der Waals surface area contributed by atoms with Gasteiger partial charge in [-0.3, -0.25) is 4.98 Å². The minimum Gasteiger partial charge on any atom is -0.317 e. The van der Waals surface area contributed by atoms with E-state index >= 15 is 0 Å². The molecule has 2 heterocycles. The first-order chi connectivity index (χ1) is 9.33. The Hall–Kier alpha value is -1.88. The highest BCUT2D eigenvalue weighted by molar-refractivity contribution is 7.07. The monoisotopic (exact) mass is 273 g/mol. The summed E-state index contributed by atoms with van der Waals surface area (Å²) < 4.78 is 0. The number of carbonyl (C=O) groups is 1. The molecule has 2 amide bonds. The number of hydrogen-bond acceptors (Lipinski definition) is 3. The lowest BCUT2D eigenvalue weighted by Gasteiger charge is -2.22. The van der Waals surface area contributed by atoms with Gasteiger partial charge >= 0.3 is 6.03 Å². The maximum Gasteiger partial charge on any atom is 0.322 e. The zero-order valence-corrected chi connectivity index (χ0v) is 11.3. The number of anilines is 1. The number of hydrogen-bond donors (Lipinski definition) is 1. The molecule has 3 rings (SSSR count). The number of nitrogens with one attached hydrogen (secondary N) is 1. The van der Waals surface area contributed by atoms with Gasteiger partial charge in [-0.15, -0.1) is 0 Å². The molecular formula is C14H15N3OS. The fraction of sp³-hybridized carbons (Fsp3) is 0.286. The minimum atomic E-state index is -0.0279. The number of urea groups is 1. The highest BCUT2D eigenvalue weighted by Crippen LogP contribution is 2.29. The SMILES string of the molecule is O=C(Nc1ccncc1)N(Cc1ccsc1)C1CC1. The first kappa shape index (κ1) is 12.2. The summed E-state index contributed by atoms with van der Waals surface area (Å²) in [5, 5.41) is 7.06. The first-order valence-electron chi connectivity index (χ1n) is 6.31. The van der Waals surface area contributed by atoms with Gasteiger partial charge in [-0.05, 0) is 47.4 Å². The van der Waals surface area contributed by atoms with Crippen molar-refractivity contribution in [3.63, 3.8) is 0 Å². The predicted molar refractivity (Wildman–Crippen MR) is 76.1 cm³/mol. The molecule has 0 atom stereocenters. The maximum atomic E-state index is 12.3. The van der Waals surface area contributed by atoms with Gasteiger partial charge in [-0.1, -0.05) is 0 Å². The number of carbonyl (C=O) groups excluding carboxylic acids is 1. The third-order valence-corrected chi connectivity index (χ3v) is 3.85. The second-order valence-electron chi connectivity index (χ2n) is 4.66. The van der Waals surface area contributed by atoms with Crippen LogP contribution in [0.15, 0.2) is 41.4 Å². The van der Waals surface area contributed by atoms with Crippen molar-refractivity contribution in [2.45, 2.75) is 25.4 Å². The van der Waals surface area contributed by atoms with E-state index in [0.717, 1.165) is 18.5 Å². The topological polar surface area (TPSA) is 45.2 Å². The quantitative estimate of drug-likeness (QED) is 0.928. The Morgan fingerprint density at radius 3 is 2.79 bits per heavy atom. The van der Waals surface area contributed by atoms with Crippen LogP contribution in [0.4, 0.5) is 10.5 Å². The molecule has 2 aromatic rings. The predicted octanol–water partition coefficient (Wildman–Crippen LogP) is 3.34. The molecule has 0 radical (unpaired) electrons. The number of aromatic nitrogens is 1. The summed E-state index contributed by atoms with van der Waals surface area (Å²) in [6.07, 6.45) is 5.56. The second kappa shape index (κ2) is 5.40. The van der Waals surface area contributed by atoms with Crippen molar-refractivity contribution in [1.82, 2.24) is 9.88 Å². The van der Waals surface area contributed by atoms with Crippen LogP contribution in [0.2, 0.25) is 0 Å². The Bertz CT molecular complexity index is 537. The molecule has 98 valence electrons. The largest absolute Gasteiger partial charge is 0.322 e. The van der Waals surface area contributed by atoms with Gasteiger partial charge in [-0.25, -0.2) is 4.79 Å². The fourth-order valence-corrected chi connectivity index (χ4v) is 2.62. The summed E-state index contributed by atoms with van der Waals surface area (Å²) in [5.41, 5.74) is 1.98. The molecule has 1 aliphatic rings. The van der Waals surface area contributed by atoms with Crippen LogP contribution in [0.25, 0.3) is 0 Å². The smallest absolute Gasteiger partial charge is 0.317 e. The third-order valence-electron chi connectivity index (χ3n) is 3.11. The lowest BCUT2D eigenvalue weighted by molar-refractivity contribution is 0.206. The Balaban J connectivity index is 1.68. The van der Waals surface area contributed by atoms with Crippen molar-refractivity contribution in [3.8, 4) is 0 Å². The van der Waals surface area contributed by atoms with Gasteiger partial charge < -0.3 is 10.2 Å². The van der Waals surface area contributed by atoms with Crippen LogP contribution in [0.3, 0.4) is 0 Å². The highest BCUT2D eigenvalue weighted by Gasteiger charge is 2.32. The molecule has 2 aromatic heterocycles. The average molecular weight is 273 g/mol. The molecular weight excluding hydrogens is 258 g/mol. The van der Waals surface area contributed by atoms with Gasteiger partial charge in [0.2, 0.25) is 0 Å². The number of thiophene rings is 1. The van der Waals surface area contributed by atoms with Crippen LogP contribution in [-0.2, 0) is 6.54 Å². The molecule has 19 heavy (non-hydrogen) atoms. The highest BCUT2D eigenvalue weighted by atomic mass is 32.1. The average Bonchev–Trinajstić information content (AvgIpc) is 3.14. The van der Waals surface area contributed by atoms with Gasteiger partial charge in [-0.2, -0.15) is 11.3 Å². The van der Waals surface area contributed by atoms with E-state index in [1.54, 1.807) is 35.9 Å². The van der Waals surface area contributed by atoms with Gasteiger partial charge in [0.25, 0.3) is 0 Å². The van der Waals surface area contributed by atoms with E-state index < -0.39 is 0 Å². The number of nitrogens with zero attached hydrogens (tertiary/aromatic N) is 2. The Morgan fingerprint density at radius 2 is 2.16 bits per heavy atom. The summed E-state index contributed by atoms with van der Waals surface area (Å²) in [7, 11) is 0. The molecule has 4 nitrogen and oxygen atoms in total. The Labute approximate surface area is 116 Å². The molecule has 5 heteroatoms. The van der Waals surface area contributed by atoms with E-state index in [4.69, 9.17) is 0 Å². The summed E-state index contributed by atoms with van der Waals surface area (Å²) >= 11 is 1.66. The van der Waals surface area contributed by atoms with Crippen LogP contribution < -0.4 is 5.32 Å². The van der Waals surface area contributed by atoms with Gasteiger partial charge in [0.15, 0.2) is 0 Å². The normalized spacial score (nSPS) is 14.1. The molecule has 1 N–H and O–H groups in total. The van der Waals surface area contributed by atoms with Crippen molar-refractivity contribution in [2.75, 3.05) is 5.32 Å². The molecule has 0 aromatic carbocycles. The molecule has 1 saturated carbocycles.